The van der Waals surface area contributed by atoms with Gasteiger partial charge in [-0.3, -0.25) is 9.59 Å². The number of amides is 2. The highest BCUT2D eigenvalue weighted by Gasteiger charge is 2.30. The molecule has 0 spiro atoms. The van der Waals surface area contributed by atoms with Gasteiger partial charge in [-0.05, 0) is 31.0 Å². The molecule has 1 atom stereocenters. The summed E-state index contributed by atoms with van der Waals surface area (Å²) in [6, 6.07) is 4.27. The van der Waals surface area contributed by atoms with E-state index in [1.807, 2.05) is 0 Å². The molecule has 2 rings (SSSR count). The minimum absolute atomic E-state index is 0.113. The minimum atomic E-state index is -4.41. The Balaban J connectivity index is 1.99. The third kappa shape index (κ3) is 6.26. The van der Waals surface area contributed by atoms with E-state index in [2.05, 4.69) is 10.6 Å². The van der Waals surface area contributed by atoms with Crippen molar-refractivity contribution >= 4 is 23.6 Å². The summed E-state index contributed by atoms with van der Waals surface area (Å²) in [5.41, 5.74) is -0.732. The number of hydrogen-bond donors (Lipinski definition) is 2. The number of thioether (sulfide) groups is 1. The molecule has 1 aromatic carbocycles. The van der Waals surface area contributed by atoms with Crippen LogP contribution in [0.1, 0.15) is 38.2 Å². The van der Waals surface area contributed by atoms with Gasteiger partial charge < -0.3 is 10.6 Å². The maximum absolute atomic E-state index is 12.8. The van der Waals surface area contributed by atoms with Crippen molar-refractivity contribution in [3.8, 4) is 0 Å². The lowest BCUT2D eigenvalue weighted by Crippen LogP contribution is -2.50. The van der Waals surface area contributed by atoms with Crippen molar-refractivity contribution in [2.75, 3.05) is 5.75 Å². The molecule has 4 nitrogen and oxygen atoms in total. The predicted molar refractivity (Wildman–Crippen MR) is 90.2 cm³/mol. The van der Waals surface area contributed by atoms with Gasteiger partial charge in [0.2, 0.25) is 11.8 Å². The van der Waals surface area contributed by atoms with Crippen LogP contribution in [-0.2, 0) is 15.8 Å². The topological polar surface area (TPSA) is 58.2 Å². The summed E-state index contributed by atoms with van der Waals surface area (Å²) >= 11 is 1.11. The van der Waals surface area contributed by atoms with E-state index in [4.69, 9.17) is 0 Å². The van der Waals surface area contributed by atoms with Gasteiger partial charge in [-0.15, -0.1) is 11.8 Å². The Kier molecular flexibility index (Phi) is 6.75. The third-order valence-corrected chi connectivity index (χ3v) is 5.06. The summed E-state index contributed by atoms with van der Waals surface area (Å²) < 4.78 is 38.3. The normalized spacial score (nSPS) is 16.5. The first-order valence-corrected chi connectivity index (χ1v) is 9.12. The van der Waals surface area contributed by atoms with E-state index in [0.717, 1.165) is 49.6 Å². The van der Waals surface area contributed by atoms with Gasteiger partial charge >= 0.3 is 6.18 Å². The smallest absolute Gasteiger partial charge is 0.352 e. The summed E-state index contributed by atoms with van der Waals surface area (Å²) in [6.07, 6.45) is -0.449. The molecule has 0 aliphatic heterocycles. The van der Waals surface area contributed by atoms with Crippen LogP contribution < -0.4 is 10.6 Å². The number of nitrogens with one attached hydrogen (secondary N) is 2. The molecule has 0 radical (unpaired) electrons. The van der Waals surface area contributed by atoms with Crippen LogP contribution in [0, 0.1) is 0 Å². The van der Waals surface area contributed by atoms with Crippen molar-refractivity contribution in [3.63, 3.8) is 0 Å². The molecular formula is C17H21F3N2O2S. The Morgan fingerprint density at radius 2 is 1.96 bits per heavy atom. The zero-order valence-electron chi connectivity index (χ0n) is 13.9. The van der Waals surface area contributed by atoms with Gasteiger partial charge in [0.05, 0.1) is 5.56 Å². The quantitative estimate of drug-likeness (QED) is 0.751. The lowest BCUT2D eigenvalue weighted by molar-refractivity contribution is -0.137. The average Bonchev–Trinajstić information content (AvgIpc) is 3.03. The number of halogens is 3. The molecule has 1 aromatic rings. The Labute approximate surface area is 148 Å². The van der Waals surface area contributed by atoms with Crippen LogP contribution in [0.3, 0.4) is 0 Å². The third-order valence-electron chi connectivity index (χ3n) is 3.97. The number of rotatable bonds is 6. The molecule has 0 heterocycles. The molecule has 1 unspecified atom stereocenters. The van der Waals surface area contributed by atoms with Gasteiger partial charge in [-0.25, -0.2) is 0 Å². The molecule has 0 saturated heterocycles. The predicted octanol–water partition coefficient (Wildman–Crippen LogP) is 3.36. The number of carbonyl (C=O) groups excluding carboxylic acids is 2. The van der Waals surface area contributed by atoms with Crippen LogP contribution >= 0.6 is 11.8 Å². The Morgan fingerprint density at radius 1 is 1.28 bits per heavy atom. The van der Waals surface area contributed by atoms with E-state index in [9.17, 15) is 22.8 Å². The van der Waals surface area contributed by atoms with E-state index in [1.165, 1.54) is 13.0 Å². The van der Waals surface area contributed by atoms with Crippen molar-refractivity contribution in [2.24, 2.45) is 0 Å². The Hall–Kier alpha value is -1.70. The number of alkyl halides is 3. The first-order chi connectivity index (χ1) is 11.8. The highest BCUT2D eigenvalue weighted by Crippen LogP contribution is 2.32. The molecule has 0 bridgehead atoms. The summed E-state index contributed by atoms with van der Waals surface area (Å²) in [7, 11) is 0. The lowest BCUT2D eigenvalue weighted by atomic mass is 10.2. The summed E-state index contributed by atoms with van der Waals surface area (Å²) in [6.45, 7) is 1.31. The van der Waals surface area contributed by atoms with Gasteiger partial charge in [0.25, 0.3) is 0 Å². The van der Waals surface area contributed by atoms with Crippen LogP contribution in [0.5, 0.6) is 0 Å². The van der Waals surface area contributed by atoms with Crippen molar-refractivity contribution < 1.29 is 22.8 Å². The van der Waals surface area contributed by atoms with Crippen molar-refractivity contribution in [2.45, 2.75) is 55.8 Å². The summed E-state index contributed by atoms with van der Waals surface area (Å²) in [4.78, 5) is 24.1. The molecule has 2 amide bonds. The van der Waals surface area contributed by atoms with Crippen molar-refractivity contribution in [1.82, 2.24) is 10.6 Å². The molecule has 1 saturated carbocycles. The average molecular weight is 374 g/mol. The first-order valence-electron chi connectivity index (χ1n) is 8.13. The fraction of sp³-hybridized carbons (Fsp3) is 0.529. The molecule has 138 valence electrons. The molecule has 0 aromatic heterocycles. The SMILES string of the molecule is CC(=O)NC(CSc1cccc(C(F)(F)F)c1)C(=O)NC1CCCC1. The first kappa shape index (κ1) is 19.6. The Bertz CT molecular complexity index is 616. The van der Waals surface area contributed by atoms with Crippen molar-refractivity contribution in [1.29, 1.82) is 0 Å². The van der Waals surface area contributed by atoms with Gasteiger partial charge in [0, 0.05) is 23.6 Å². The number of benzene rings is 1. The highest BCUT2D eigenvalue weighted by molar-refractivity contribution is 7.99. The van der Waals surface area contributed by atoms with Crippen LogP contribution in [-0.4, -0.2) is 29.7 Å². The largest absolute Gasteiger partial charge is 0.416 e. The zero-order chi connectivity index (χ0) is 18.4. The maximum Gasteiger partial charge on any atom is 0.416 e. The fourth-order valence-corrected chi connectivity index (χ4v) is 3.72. The van der Waals surface area contributed by atoms with Crippen molar-refractivity contribution in [3.05, 3.63) is 29.8 Å². The van der Waals surface area contributed by atoms with Crippen LogP contribution in [0.4, 0.5) is 13.2 Å². The number of hydrogen-bond acceptors (Lipinski definition) is 3. The number of carbonyl (C=O) groups is 2. The summed E-state index contributed by atoms with van der Waals surface area (Å²) in [5, 5.41) is 5.48. The standard InChI is InChI=1S/C17H21F3N2O2S/c1-11(23)21-15(16(24)22-13-6-2-3-7-13)10-25-14-8-4-5-12(9-14)17(18,19)20/h4-5,8-9,13,15H,2-3,6-7,10H2,1H3,(H,21,23)(H,22,24). The van der Waals surface area contributed by atoms with Gasteiger partial charge in [-0.2, -0.15) is 13.2 Å². The van der Waals surface area contributed by atoms with E-state index >= 15 is 0 Å². The monoisotopic (exact) mass is 374 g/mol. The second kappa shape index (κ2) is 8.60. The van der Waals surface area contributed by atoms with Crippen LogP contribution in [0.25, 0.3) is 0 Å². The maximum atomic E-state index is 12.8. The fourth-order valence-electron chi connectivity index (χ4n) is 2.74. The van der Waals surface area contributed by atoms with Gasteiger partial charge in [-0.1, -0.05) is 18.9 Å². The zero-order valence-corrected chi connectivity index (χ0v) is 14.7. The van der Waals surface area contributed by atoms with E-state index < -0.39 is 17.8 Å². The summed E-state index contributed by atoms with van der Waals surface area (Å²) in [5.74, 6) is -0.475. The lowest BCUT2D eigenvalue weighted by Gasteiger charge is -2.20. The van der Waals surface area contributed by atoms with Gasteiger partial charge in [0.1, 0.15) is 6.04 Å². The molecule has 2 N–H and O–H groups in total. The van der Waals surface area contributed by atoms with Gasteiger partial charge in [0.15, 0.2) is 0 Å². The second-order valence-corrected chi connectivity index (χ2v) is 7.17. The molecule has 1 fully saturated rings. The Morgan fingerprint density at radius 3 is 2.56 bits per heavy atom. The molecule has 1 aliphatic rings. The molecular weight excluding hydrogens is 353 g/mol. The molecule has 8 heteroatoms. The van der Waals surface area contributed by atoms with E-state index in [1.54, 1.807) is 6.07 Å². The minimum Gasteiger partial charge on any atom is -0.352 e. The molecule has 1 aliphatic carbocycles. The second-order valence-electron chi connectivity index (χ2n) is 6.08. The van der Waals surface area contributed by atoms with Crippen LogP contribution in [0.15, 0.2) is 29.2 Å². The molecule has 25 heavy (non-hydrogen) atoms. The highest BCUT2D eigenvalue weighted by atomic mass is 32.2. The van der Waals surface area contributed by atoms with E-state index in [-0.39, 0.29) is 23.6 Å². The van der Waals surface area contributed by atoms with E-state index in [0.29, 0.717) is 4.90 Å². The van der Waals surface area contributed by atoms with Crippen LogP contribution in [0.2, 0.25) is 0 Å².